The molecule has 0 spiro atoms. The number of carbonyl (C=O) groups is 1. The van der Waals surface area contributed by atoms with Crippen molar-refractivity contribution in [2.24, 2.45) is 0 Å². The van der Waals surface area contributed by atoms with Crippen molar-refractivity contribution in [1.29, 1.82) is 0 Å². The molecule has 0 aliphatic carbocycles. The number of rotatable bonds is 4. The average molecular weight is 349 g/mol. The summed E-state index contributed by atoms with van der Waals surface area (Å²) in [7, 11) is 0. The molecule has 0 saturated carbocycles. The maximum atomic E-state index is 12.9. The van der Waals surface area contributed by atoms with Crippen molar-refractivity contribution in [3.63, 3.8) is 0 Å². The summed E-state index contributed by atoms with van der Waals surface area (Å²) in [6.07, 6.45) is 4.85. The van der Waals surface area contributed by atoms with Crippen LogP contribution >= 0.6 is 0 Å². The van der Waals surface area contributed by atoms with Crippen molar-refractivity contribution in [3.8, 4) is 0 Å². The molecule has 0 unspecified atom stereocenters. The summed E-state index contributed by atoms with van der Waals surface area (Å²) in [5, 5.41) is 3.37. The van der Waals surface area contributed by atoms with Gasteiger partial charge in [0.05, 0.1) is 0 Å². The third-order valence-electron chi connectivity index (χ3n) is 5.50. The average Bonchev–Trinajstić information content (AvgIpc) is 3.13. The van der Waals surface area contributed by atoms with Crippen molar-refractivity contribution in [3.05, 3.63) is 54.1 Å². The Bertz CT molecular complexity index is 765. The minimum Gasteiger partial charge on any atom is -0.374 e. The van der Waals surface area contributed by atoms with E-state index in [9.17, 15) is 4.79 Å². The van der Waals surface area contributed by atoms with Crippen LogP contribution in [0, 0.1) is 0 Å². The number of carbonyl (C=O) groups excluding carboxylic acids is 1. The van der Waals surface area contributed by atoms with Crippen molar-refractivity contribution in [2.45, 2.75) is 38.6 Å². The van der Waals surface area contributed by atoms with E-state index in [0.29, 0.717) is 0 Å². The Morgan fingerprint density at radius 1 is 0.962 bits per heavy atom. The van der Waals surface area contributed by atoms with E-state index < -0.39 is 0 Å². The van der Waals surface area contributed by atoms with Crippen molar-refractivity contribution < 1.29 is 4.79 Å². The predicted octanol–water partition coefficient (Wildman–Crippen LogP) is 4.07. The predicted molar refractivity (Wildman–Crippen MR) is 108 cm³/mol. The summed E-state index contributed by atoms with van der Waals surface area (Å²) in [5.74, 6) is 0.134. The van der Waals surface area contributed by atoms with Crippen LogP contribution in [0.2, 0.25) is 0 Å². The standard InChI is InChI=1S/C22H27N3O/c1-17(22(26)25-16-13-18-7-3-4-8-21(18)25)23-19-9-11-20(12-10-19)24-14-5-2-6-15-24/h3-4,7-12,17,23H,2,5-6,13-16H2,1H3/t17-/m1/s1. The molecular weight excluding hydrogens is 322 g/mol. The van der Waals surface area contributed by atoms with Crippen LogP contribution in [0.5, 0.6) is 0 Å². The Morgan fingerprint density at radius 3 is 2.46 bits per heavy atom. The molecule has 0 radical (unpaired) electrons. The SMILES string of the molecule is C[C@@H](Nc1ccc(N2CCCCC2)cc1)C(=O)N1CCc2ccccc21. The fourth-order valence-corrected chi connectivity index (χ4v) is 4.03. The molecule has 2 aromatic carbocycles. The molecule has 0 bridgehead atoms. The molecule has 26 heavy (non-hydrogen) atoms. The summed E-state index contributed by atoms with van der Waals surface area (Å²) in [5.41, 5.74) is 4.60. The third-order valence-corrected chi connectivity index (χ3v) is 5.50. The minimum absolute atomic E-state index is 0.134. The Labute approximate surface area is 155 Å². The van der Waals surface area contributed by atoms with E-state index in [4.69, 9.17) is 0 Å². The van der Waals surface area contributed by atoms with Crippen LogP contribution in [0.1, 0.15) is 31.7 Å². The van der Waals surface area contributed by atoms with Gasteiger partial charge in [-0.05, 0) is 68.5 Å². The number of piperidine rings is 1. The third kappa shape index (κ3) is 3.41. The van der Waals surface area contributed by atoms with Crippen molar-refractivity contribution >= 4 is 23.0 Å². The largest absolute Gasteiger partial charge is 0.374 e. The number of nitrogens with one attached hydrogen (secondary N) is 1. The Balaban J connectivity index is 1.40. The topological polar surface area (TPSA) is 35.6 Å². The van der Waals surface area contributed by atoms with Gasteiger partial charge in [-0.1, -0.05) is 18.2 Å². The van der Waals surface area contributed by atoms with E-state index in [-0.39, 0.29) is 11.9 Å². The maximum Gasteiger partial charge on any atom is 0.249 e. The molecule has 1 amide bonds. The first-order valence-electron chi connectivity index (χ1n) is 9.73. The fourth-order valence-electron chi connectivity index (χ4n) is 4.03. The Kier molecular flexibility index (Phi) is 4.83. The molecule has 2 aromatic rings. The van der Waals surface area contributed by atoms with Gasteiger partial charge >= 0.3 is 0 Å². The number of hydrogen-bond donors (Lipinski definition) is 1. The summed E-state index contributed by atoms with van der Waals surface area (Å²) < 4.78 is 0. The van der Waals surface area contributed by atoms with Crippen LogP contribution in [-0.2, 0) is 11.2 Å². The number of amides is 1. The quantitative estimate of drug-likeness (QED) is 0.904. The van der Waals surface area contributed by atoms with E-state index in [0.717, 1.165) is 37.4 Å². The summed E-state index contributed by atoms with van der Waals surface area (Å²) in [6.45, 7) is 5.02. The molecule has 4 nitrogen and oxygen atoms in total. The van der Waals surface area contributed by atoms with Crippen LogP contribution in [0.25, 0.3) is 0 Å². The van der Waals surface area contributed by atoms with Crippen molar-refractivity contribution in [1.82, 2.24) is 0 Å². The molecule has 4 heteroatoms. The molecule has 1 N–H and O–H groups in total. The second-order valence-corrected chi connectivity index (χ2v) is 7.33. The summed E-state index contributed by atoms with van der Waals surface area (Å²) in [6, 6.07) is 16.5. The Hall–Kier alpha value is -2.49. The summed E-state index contributed by atoms with van der Waals surface area (Å²) in [4.78, 5) is 17.2. The molecule has 1 saturated heterocycles. The highest BCUT2D eigenvalue weighted by molar-refractivity contribution is 6.00. The van der Waals surface area contributed by atoms with E-state index in [1.165, 1.54) is 30.5 Å². The lowest BCUT2D eigenvalue weighted by Gasteiger charge is -2.29. The number of nitrogens with zero attached hydrogens (tertiary/aromatic N) is 2. The zero-order valence-electron chi connectivity index (χ0n) is 15.4. The lowest BCUT2D eigenvalue weighted by molar-refractivity contribution is -0.118. The normalized spacial score (nSPS) is 17.7. The van der Waals surface area contributed by atoms with Gasteiger partial charge in [-0.25, -0.2) is 0 Å². The molecule has 2 aliphatic heterocycles. The van der Waals surface area contributed by atoms with Crippen LogP contribution in [-0.4, -0.2) is 31.6 Å². The smallest absolute Gasteiger partial charge is 0.249 e. The van der Waals surface area contributed by atoms with E-state index in [1.54, 1.807) is 0 Å². The van der Waals surface area contributed by atoms with Crippen molar-refractivity contribution in [2.75, 3.05) is 34.8 Å². The molecule has 2 heterocycles. The first-order valence-corrected chi connectivity index (χ1v) is 9.73. The Morgan fingerprint density at radius 2 is 1.69 bits per heavy atom. The second kappa shape index (κ2) is 7.40. The van der Waals surface area contributed by atoms with E-state index in [1.807, 2.05) is 30.0 Å². The second-order valence-electron chi connectivity index (χ2n) is 7.33. The van der Waals surface area contributed by atoms with Gasteiger partial charge in [-0.15, -0.1) is 0 Å². The lowest BCUT2D eigenvalue weighted by Crippen LogP contribution is -2.40. The van der Waals surface area contributed by atoms with Gasteiger partial charge in [-0.3, -0.25) is 4.79 Å². The minimum atomic E-state index is -0.248. The van der Waals surface area contributed by atoms with Crippen LogP contribution < -0.4 is 15.1 Å². The van der Waals surface area contributed by atoms with Gasteiger partial charge in [0.25, 0.3) is 0 Å². The highest BCUT2D eigenvalue weighted by Crippen LogP contribution is 2.28. The van der Waals surface area contributed by atoms with Gasteiger partial charge in [0.15, 0.2) is 0 Å². The van der Waals surface area contributed by atoms with E-state index >= 15 is 0 Å². The molecule has 2 aliphatic rings. The number of fused-ring (bicyclic) bond motifs is 1. The molecule has 0 aromatic heterocycles. The highest BCUT2D eigenvalue weighted by Gasteiger charge is 2.27. The van der Waals surface area contributed by atoms with Gasteiger partial charge in [0, 0.05) is 36.7 Å². The fraction of sp³-hybridized carbons (Fsp3) is 0.409. The zero-order chi connectivity index (χ0) is 17.9. The van der Waals surface area contributed by atoms with Crippen LogP contribution in [0.15, 0.2) is 48.5 Å². The van der Waals surface area contributed by atoms with Crippen LogP contribution in [0.4, 0.5) is 17.1 Å². The van der Waals surface area contributed by atoms with E-state index in [2.05, 4.69) is 40.5 Å². The first-order chi connectivity index (χ1) is 12.7. The molecule has 1 atom stereocenters. The molecule has 1 fully saturated rings. The van der Waals surface area contributed by atoms with Gasteiger partial charge in [0.2, 0.25) is 5.91 Å². The van der Waals surface area contributed by atoms with Gasteiger partial charge in [0.1, 0.15) is 6.04 Å². The molecular formula is C22H27N3O. The lowest BCUT2D eigenvalue weighted by atomic mass is 10.1. The number of para-hydroxylation sites is 1. The zero-order valence-corrected chi connectivity index (χ0v) is 15.4. The number of benzene rings is 2. The first kappa shape index (κ1) is 17.0. The summed E-state index contributed by atoms with van der Waals surface area (Å²) >= 11 is 0. The number of hydrogen-bond acceptors (Lipinski definition) is 3. The van der Waals surface area contributed by atoms with Crippen LogP contribution in [0.3, 0.4) is 0 Å². The maximum absolute atomic E-state index is 12.9. The monoisotopic (exact) mass is 349 g/mol. The van der Waals surface area contributed by atoms with Gasteiger partial charge < -0.3 is 15.1 Å². The molecule has 136 valence electrons. The number of anilines is 3. The molecule has 4 rings (SSSR count). The highest BCUT2D eigenvalue weighted by atomic mass is 16.2. The van der Waals surface area contributed by atoms with Gasteiger partial charge in [-0.2, -0.15) is 0 Å².